The van der Waals surface area contributed by atoms with E-state index in [0.717, 1.165) is 31.9 Å². The molecule has 2 aliphatic rings. The topological polar surface area (TPSA) is 24.5 Å². The number of ether oxygens (including phenoxy) is 1. The zero-order valence-electron chi connectivity index (χ0n) is 13.7. The molecule has 0 aliphatic carbocycles. The van der Waals surface area contributed by atoms with Crippen molar-refractivity contribution in [3.8, 4) is 0 Å². The van der Waals surface area contributed by atoms with Crippen LogP contribution in [0.15, 0.2) is 30.3 Å². The predicted octanol–water partition coefficient (Wildman–Crippen LogP) is 2.71. The Morgan fingerprint density at radius 2 is 1.91 bits per heavy atom. The van der Waals surface area contributed by atoms with Crippen LogP contribution in [0.3, 0.4) is 0 Å². The van der Waals surface area contributed by atoms with Gasteiger partial charge in [-0.3, -0.25) is 0 Å². The molecule has 2 fully saturated rings. The van der Waals surface area contributed by atoms with E-state index in [1.54, 1.807) is 0 Å². The van der Waals surface area contributed by atoms with Crippen LogP contribution >= 0.6 is 0 Å². The van der Waals surface area contributed by atoms with Gasteiger partial charge in [-0.2, -0.15) is 0 Å². The quantitative estimate of drug-likeness (QED) is 0.784. The van der Waals surface area contributed by atoms with Gasteiger partial charge in [-0.1, -0.05) is 30.3 Å². The molecule has 1 atom stereocenters. The van der Waals surface area contributed by atoms with Crippen molar-refractivity contribution >= 4 is 0 Å². The summed E-state index contributed by atoms with van der Waals surface area (Å²) in [5, 5.41) is 3.45. The molecular weight excluding hydrogens is 272 g/mol. The molecule has 2 heterocycles. The molecule has 1 N–H and O–H groups in total. The average molecular weight is 302 g/mol. The summed E-state index contributed by atoms with van der Waals surface area (Å²) in [5.74, 6) is 0.901. The molecule has 3 heteroatoms. The van der Waals surface area contributed by atoms with Crippen LogP contribution in [0.2, 0.25) is 0 Å². The summed E-state index contributed by atoms with van der Waals surface area (Å²) in [7, 11) is 0. The maximum Gasteiger partial charge on any atom is 0.0714 e. The van der Waals surface area contributed by atoms with Gasteiger partial charge in [0.25, 0.3) is 0 Å². The smallest absolute Gasteiger partial charge is 0.0714 e. The van der Waals surface area contributed by atoms with Gasteiger partial charge in [-0.15, -0.1) is 0 Å². The largest absolute Gasteiger partial charge is 0.377 e. The van der Waals surface area contributed by atoms with Crippen molar-refractivity contribution in [2.45, 2.75) is 38.2 Å². The minimum atomic E-state index is 0.470. The van der Waals surface area contributed by atoms with Crippen LogP contribution in [0.4, 0.5) is 0 Å². The van der Waals surface area contributed by atoms with E-state index in [1.165, 1.54) is 51.0 Å². The Morgan fingerprint density at radius 3 is 2.73 bits per heavy atom. The lowest BCUT2D eigenvalue weighted by Crippen LogP contribution is -2.35. The van der Waals surface area contributed by atoms with E-state index in [0.29, 0.717) is 6.10 Å². The number of nitrogens with zero attached hydrogens (tertiary/aromatic N) is 1. The summed E-state index contributed by atoms with van der Waals surface area (Å²) in [6, 6.07) is 10.7. The van der Waals surface area contributed by atoms with E-state index < -0.39 is 0 Å². The van der Waals surface area contributed by atoms with Crippen LogP contribution in [0.1, 0.15) is 31.2 Å². The average Bonchev–Trinajstić information content (AvgIpc) is 3.01. The molecule has 0 bridgehead atoms. The van der Waals surface area contributed by atoms with E-state index in [4.69, 9.17) is 4.74 Å². The molecule has 1 unspecified atom stereocenters. The van der Waals surface area contributed by atoms with Gasteiger partial charge in [0.15, 0.2) is 0 Å². The molecule has 0 radical (unpaired) electrons. The second kappa shape index (κ2) is 8.66. The highest BCUT2D eigenvalue weighted by Crippen LogP contribution is 2.19. The number of likely N-dealkylation sites (tertiary alicyclic amines) is 1. The lowest BCUT2D eigenvalue weighted by atomic mass is 9.98. The minimum absolute atomic E-state index is 0.470. The van der Waals surface area contributed by atoms with Crippen molar-refractivity contribution in [2.24, 2.45) is 5.92 Å². The van der Waals surface area contributed by atoms with E-state index in [9.17, 15) is 0 Å². The number of aryl methyl sites for hydroxylation is 1. The van der Waals surface area contributed by atoms with Crippen molar-refractivity contribution < 1.29 is 4.74 Å². The van der Waals surface area contributed by atoms with E-state index >= 15 is 0 Å². The predicted molar refractivity (Wildman–Crippen MR) is 91.2 cm³/mol. The maximum atomic E-state index is 6.09. The Morgan fingerprint density at radius 1 is 1.09 bits per heavy atom. The Balaban J connectivity index is 1.28. The Bertz CT molecular complexity index is 417. The molecule has 3 rings (SSSR count). The zero-order valence-corrected chi connectivity index (χ0v) is 13.7. The number of piperidine rings is 1. The minimum Gasteiger partial charge on any atom is -0.377 e. The third kappa shape index (κ3) is 5.08. The van der Waals surface area contributed by atoms with Gasteiger partial charge < -0.3 is 15.0 Å². The van der Waals surface area contributed by atoms with Gasteiger partial charge in [0.05, 0.1) is 6.10 Å². The summed E-state index contributed by atoms with van der Waals surface area (Å²) >= 11 is 0. The van der Waals surface area contributed by atoms with Crippen molar-refractivity contribution in [3.05, 3.63) is 35.9 Å². The van der Waals surface area contributed by atoms with Crippen LogP contribution in [-0.4, -0.2) is 50.3 Å². The summed E-state index contributed by atoms with van der Waals surface area (Å²) in [5.41, 5.74) is 1.42. The van der Waals surface area contributed by atoms with Crippen molar-refractivity contribution in [2.75, 3.05) is 39.3 Å². The van der Waals surface area contributed by atoms with E-state index in [-0.39, 0.29) is 0 Å². The summed E-state index contributed by atoms with van der Waals surface area (Å²) in [6.45, 7) is 6.98. The van der Waals surface area contributed by atoms with Crippen LogP contribution < -0.4 is 5.32 Å². The monoisotopic (exact) mass is 302 g/mol. The first-order valence-electron chi connectivity index (χ1n) is 8.99. The zero-order chi connectivity index (χ0) is 15.0. The second-order valence-electron chi connectivity index (χ2n) is 6.82. The Labute approximate surface area is 135 Å². The summed E-state index contributed by atoms with van der Waals surface area (Å²) < 4.78 is 6.09. The Hall–Kier alpha value is -0.900. The van der Waals surface area contributed by atoms with Crippen LogP contribution in [0.5, 0.6) is 0 Å². The number of nitrogens with one attached hydrogen (secondary N) is 1. The molecule has 0 amide bonds. The Kier molecular flexibility index (Phi) is 6.29. The van der Waals surface area contributed by atoms with Gasteiger partial charge in [0, 0.05) is 26.2 Å². The molecule has 2 saturated heterocycles. The van der Waals surface area contributed by atoms with E-state index in [2.05, 4.69) is 40.5 Å². The van der Waals surface area contributed by atoms with Crippen molar-refractivity contribution in [1.29, 1.82) is 0 Å². The normalized spacial score (nSPS) is 23.9. The second-order valence-corrected chi connectivity index (χ2v) is 6.82. The molecule has 0 spiro atoms. The fourth-order valence-electron chi connectivity index (χ4n) is 3.70. The third-order valence-corrected chi connectivity index (χ3v) is 5.01. The standard InChI is InChI=1S/C19H30N2O/c1-2-5-17(6-3-1)7-4-14-22-19-10-13-21(16-19)15-18-8-11-20-12-9-18/h1-3,5-6,18-20H,4,7-16H2. The van der Waals surface area contributed by atoms with Gasteiger partial charge in [0.1, 0.15) is 0 Å². The first-order chi connectivity index (χ1) is 10.9. The van der Waals surface area contributed by atoms with Gasteiger partial charge in [-0.25, -0.2) is 0 Å². The van der Waals surface area contributed by atoms with Gasteiger partial charge in [0.2, 0.25) is 0 Å². The highest BCUT2D eigenvalue weighted by atomic mass is 16.5. The van der Waals surface area contributed by atoms with Crippen LogP contribution in [0.25, 0.3) is 0 Å². The molecule has 1 aromatic rings. The summed E-state index contributed by atoms with van der Waals surface area (Å²) in [6.07, 6.45) is 6.65. The molecule has 2 aliphatic heterocycles. The number of rotatable bonds is 7. The number of benzene rings is 1. The van der Waals surface area contributed by atoms with Crippen molar-refractivity contribution in [1.82, 2.24) is 10.2 Å². The lowest BCUT2D eigenvalue weighted by molar-refractivity contribution is 0.0559. The van der Waals surface area contributed by atoms with Crippen molar-refractivity contribution in [3.63, 3.8) is 0 Å². The molecule has 22 heavy (non-hydrogen) atoms. The fourth-order valence-corrected chi connectivity index (χ4v) is 3.70. The van der Waals surface area contributed by atoms with E-state index in [1.807, 2.05) is 0 Å². The first-order valence-corrected chi connectivity index (χ1v) is 8.99. The SMILES string of the molecule is c1ccc(CCCOC2CCN(CC3CCNCC3)C2)cc1. The molecule has 1 aromatic carbocycles. The maximum absolute atomic E-state index is 6.09. The fraction of sp³-hybridized carbons (Fsp3) is 0.684. The number of hydrogen-bond acceptors (Lipinski definition) is 3. The molecule has 0 saturated carbocycles. The van der Waals surface area contributed by atoms with Crippen LogP contribution in [0, 0.1) is 5.92 Å². The molecule has 3 nitrogen and oxygen atoms in total. The van der Waals surface area contributed by atoms with Crippen LogP contribution in [-0.2, 0) is 11.2 Å². The highest BCUT2D eigenvalue weighted by Gasteiger charge is 2.25. The molecule has 122 valence electrons. The molecular formula is C19H30N2O. The number of hydrogen-bond donors (Lipinski definition) is 1. The molecule has 0 aromatic heterocycles. The van der Waals surface area contributed by atoms with Gasteiger partial charge >= 0.3 is 0 Å². The highest BCUT2D eigenvalue weighted by molar-refractivity contribution is 5.14. The lowest BCUT2D eigenvalue weighted by Gasteiger charge is -2.27. The third-order valence-electron chi connectivity index (χ3n) is 5.01. The first kappa shape index (κ1) is 16.0. The van der Waals surface area contributed by atoms with Gasteiger partial charge in [-0.05, 0) is 56.7 Å². The summed E-state index contributed by atoms with van der Waals surface area (Å²) in [4.78, 5) is 2.62.